The number of nitrogens with one attached hydrogen (secondary N) is 1. The van der Waals surface area contributed by atoms with Crippen molar-refractivity contribution in [3.05, 3.63) is 78.1 Å². The van der Waals surface area contributed by atoms with E-state index in [1.807, 2.05) is 74.5 Å². The Labute approximate surface area is 159 Å². The summed E-state index contributed by atoms with van der Waals surface area (Å²) in [6, 6.07) is 21.5. The predicted molar refractivity (Wildman–Crippen MR) is 106 cm³/mol. The zero-order valence-electron chi connectivity index (χ0n) is 15.4. The van der Waals surface area contributed by atoms with E-state index in [0.717, 1.165) is 22.4 Å². The second-order valence-corrected chi connectivity index (χ2v) is 6.91. The molecule has 0 saturated heterocycles. The first-order chi connectivity index (χ1) is 13.0. The van der Waals surface area contributed by atoms with E-state index in [9.17, 15) is 10.4 Å². The summed E-state index contributed by atoms with van der Waals surface area (Å²) in [5.74, 6) is 0.649. The van der Waals surface area contributed by atoms with Crippen LogP contribution in [0.4, 0.5) is 5.82 Å². The molecular weight excluding hydrogens is 336 g/mol. The van der Waals surface area contributed by atoms with Crippen molar-refractivity contribution in [1.29, 1.82) is 5.26 Å². The first-order valence-corrected chi connectivity index (χ1v) is 8.81. The minimum absolute atomic E-state index is 0.357. The topological polar surface area (TPSA) is 81.8 Å². The maximum Gasteiger partial charge on any atom is 0.130 e. The van der Waals surface area contributed by atoms with Crippen molar-refractivity contribution in [1.82, 2.24) is 9.97 Å². The summed E-state index contributed by atoms with van der Waals surface area (Å²) in [6.07, 6.45) is 0.886. The molecule has 0 spiro atoms. The number of aromatic nitrogens is 2. The van der Waals surface area contributed by atoms with Gasteiger partial charge in [-0.05, 0) is 25.0 Å². The number of nitrogens with zero attached hydrogens (tertiary/aromatic N) is 3. The molecule has 1 heterocycles. The molecule has 5 nitrogen and oxygen atoms in total. The van der Waals surface area contributed by atoms with Crippen LogP contribution in [0.3, 0.4) is 0 Å². The van der Waals surface area contributed by atoms with Crippen LogP contribution in [-0.4, -0.2) is 21.6 Å². The van der Waals surface area contributed by atoms with Crippen molar-refractivity contribution < 1.29 is 5.11 Å². The van der Waals surface area contributed by atoms with Crippen LogP contribution in [-0.2, 0) is 5.41 Å². The van der Waals surface area contributed by atoms with Gasteiger partial charge < -0.3 is 10.4 Å². The third kappa shape index (κ3) is 4.49. The van der Waals surface area contributed by atoms with Crippen LogP contribution in [0.5, 0.6) is 0 Å². The maximum atomic E-state index is 10.3. The number of benzene rings is 2. The summed E-state index contributed by atoms with van der Waals surface area (Å²) in [4.78, 5) is 8.55. The number of hydrogen-bond donors (Lipinski definition) is 2. The molecule has 0 saturated carbocycles. The summed E-state index contributed by atoms with van der Waals surface area (Å²) in [5, 5.41) is 22.7. The van der Waals surface area contributed by atoms with Gasteiger partial charge in [0, 0.05) is 18.2 Å². The van der Waals surface area contributed by atoms with Crippen LogP contribution < -0.4 is 5.32 Å². The Balaban J connectivity index is 1.71. The highest BCUT2D eigenvalue weighted by molar-refractivity contribution is 5.62. The lowest BCUT2D eigenvalue weighted by molar-refractivity contribution is 0.191. The quantitative estimate of drug-likeness (QED) is 0.693. The van der Waals surface area contributed by atoms with Gasteiger partial charge in [0.25, 0.3) is 0 Å². The molecule has 0 fully saturated rings. The maximum absolute atomic E-state index is 10.3. The second-order valence-electron chi connectivity index (χ2n) is 6.91. The molecule has 1 atom stereocenters. The smallest absolute Gasteiger partial charge is 0.130 e. The van der Waals surface area contributed by atoms with Crippen LogP contribution in [0.2, 0.25) is 0 Å². The molecule has 0 amide bonds. The van der Waals surface area contributed by atoms with Crippen molar-refractivity contribution in [2.75, 3.05) is 11.9 Å². The van der Waals surface area contributed by atoms with Crippen molar-refractivity contribution in [2.24, 2.45) is 0 Å². The number of hydrogen-bond acceptors (Lipinski definition) is 5. The fraction of sp³-hybridized carbons (Fsp3) is 0.227. The van der Waals surface area contributed by atoms with Crippen LogP contribution in [0.25, 0.3) is 11.3 Å². The lowest BCUT2D eigenvalue weighted by atomic mass is 9.86. The average molecular weight is 358 g/mol. The minimum atomic E-state index is -0.614. The van der Waals surface area contributed by atoms with Crippen LogP contribution >= 0.6 is 0 Å². The molecular formula is C22H22N4O. The van der Waals surface area contributed by atoms with E-state index in [1.54, 1.807) is 0 Å². The molecule has 0 aliphatic carbocycles. The third-order valence-corrected chi connectivity index (χ3v) is 4.51. The van der Waals surface area contributed by atoms with E-state index in [1.165, 1.54) is 6.33 Å². The zero-order chi connectivity index (χ0) is 19.3. The van der Waals surface area contributed by atoms with Crippen molar-refractivity contribution in [3.63, 3.8) is 0 Å². The molecule has 3 aromatic rings. The Morgan fingerprint density at radius 3 is 2.44 bits per heavy atom. The summed E-state index contributed by atoms with van der Waals surface area (Å²) < 4.78 is 0. The zero-order valence-corrected chi connectivity index (χ0v) is 15.4. The van der Waals surface area contributed by atoms with Gasteiger partial charge in [-0.2, -0.15) is 5.26 Å². The molecule has 27 heavy (non-hydrogen) atoms. The van der Waals surface area contributed by atoms with Crippen LogP contribution in [0.15, 0.2) is 67.0 Å². The number of aliphatic hydroxyl groups is 1. The van der Waals surface area contributed by atoms with Gasteiger partial charge in [0.2, 0.25) is 0 Å². The van der Waals surface area contributed by atoms with Crippen molar-refractivity contribution in [2.45, 2.75) is 25.4 Å². The highest BCUT2D eigenvalue weighted by atomic mass is 16.3. The molecule has 1 aromatic heterocycles. The van der Waals surface area contributed by atoms with E-state index in [2.05, 4.69) is 21.4 Å². The summed E-state index contributed by atoms with van der Waals surface area (Å²) in [6.45, 7) is 4.15. The van der Waals surface area contributed by atoms with E-state index in [-0.39, 0.29) is 0 Å². The summed E-state index contributed by atoms with van der Waals surface area (Å²) >= 11 is 0. The predicted octanol–water partition coefficient (Wildman–Crippen LogP) is 4.09. The first-order valence-electron chi connectivity index (χ1n) is 8.81. The molecule has 0 aliphatic rings. The normalized spacial score (nSPS) is 12.2. The van der Waals surface area contributed by atoms with Gasteiger partial charge in [-0.15, -0.1) is 0 Å². The van der Waals surface area contributed by atoms with Crippen LogP contribution in [0, 0.1) is 11.3 Å². The highest BCUT2D eigenvalue weighted by Gasteiger charge is 2.19. The van der Waals surface area contributed by atoms with Gasteiger partial charge >= 0.3 is 0 Å². The Bertz CT molecular complexity index is 931. The van der Waals surface area contributed by atoms with Gasteiger partial charge in [-0.3, -0.25) is 0 Å². The fourth-order valence-electron chi connectivity index (χ4n) is 2.73. The number of aliphatic hydroxyl groups excluding tert-OH is 1. The highest BCUT2D eigenvalue weighted by Crippen LogP contribution is 2.26. The first kappa shape index (κ1) is 18.6. The van der Waals surface area contributed by atoms with Crippen molar-refractivity contribution >= 4 is 5.82 Å². The number of nitriles is 1. The number of anilines is 1. The SMILES string of the molecule is CC(C)(C#N)c1ccc(-c2cc(NC[C@@H](O)c3ccccc3)ncn2)cc1. The van der Waals surface area contributed by atoms with E-state index in [0.29, 0.717) is 12.4 Å². The third-order valence-electron chi connectivity index (χ3n) is 4.51. The average Bonchev–Trinajstić information content (AvgIpc) is 2.73. The molecule has 2 N–H and O–H groups in total. The van der Waals surface area contributed by atoms with Gasteiger partial charge in [-0.25, -0.2) is 9.97 Å². The van der Waals surface area contributed by atoms with E-state index < -0.39 is 11.5 Å². The molecule has 0 aliphatic heterocycles. The second kappa shape index (κ2) is 7.98. The van der Waals surface area contributed by atoms with Crippen LogP contribution in [0.1, 0.15) is 31.1 Å². The monoisotopic (exact) mass is 358 g/mol. The molecule has 0 radical (unpaired) electrons. The number of rotatable bonds is 6. The molecule has 0 bridgehead atoms. The standard InChI is InChI=1S/C22H22N4O/c1-22(2,14-23)18-10-8-16(9-11-18)19-12-21(26-15-25-19)24-13-20(27)17-6-4-3-5-7-17/h3-12,15,20,27H,13H2,1-2H3,(H,24,25,26)/t20-/m1/s1. The summed E-state index contributed by atoms with van der Waals surface area (Å²) in [7, 11) is 0. The molecule has 0 unspecified atom stereocenters. The fourth-order valence-corrected chi connectivity index (χ4v) is 2.73. The summed E-state index contributed by atoms with van der Waals surface area (Å²) in [5.41, 5.74) is 3.02. The Hall–Kier alpha value is -3.23. The Morgan fingerprint density at radius 2 is 1.78 bits per heavy atom. The Morgan fingerprint density at radius 1 is 1.07 bits per heavy atom. The van der Waals surface area contributed by atoms with E-state index >= 15 is 0 Å². The van der Waals surface area contributed by atoms with Gasteiger partial charge in [0.1, 0.15) is 12.1 Å². The molecule has 2 aromatic carbocycles. The van der Waals surface area contributed by atoms with Gasteiger partial charge in [-0.1, -0.05) is 54.6 Å². The molecule has 3 rings (SSSR count). The Kier molecular flexibility index (Phi) is 5.49. The molecule has 136 valence electrons. The molecule has 5 heteroatoms. The minimum Gasteiger partial charge on any atom is -0.387 e. The largest absolute Gasteiger partial charge is 0.387 e. The van der Waals surface area contributed by atoms with Crippen molar-refractivity contribution in [3.8, 4) is 17.3 Å². The lowest BCUT2D eigenvalue weighted by Gasteiger charge is -2.16. The van der Waals surface area contributed by atoms with Gasteiger partial charge in [0.05, 0.1) is 23.3 Å². The lowest BCUT2D eigenvalue weighted by Crippen LogP contribution is -2.13. The van der Waals surface area contributed by atoms with E-state index in [4.69, 9.17) is 0 Å². The van der Waals surface area contributed by atoms with Gasteiger partial charge in [0.15, 0.2) is 0 Å².